The monoisotopic (exact) mass is 225 g/mol. The second-order valence-corrected chi connectivity index (χ2v) is 3.01. The first kappa shape index (κ1) is 12.0. The van der Waals surface area contributed by atoms with Gasteiger partial charge in [-0.3, -0.25) is 4.79 Å². The number of hydrogen-bond acceptors (Lipinski definition) is 5. The fraction of sp³-hybridized carbons (Fsp3) is 0.300. The Kier molecular flexibility index (Phi) is 3.82. The lowest BCUT2D eigenvalue weighted by atomic mass is 10.2. The number of rotatable bonds is 3. The number of ether oxygens (including phenoxy) is 2. The standard InChI is InChI=1S/C10H11NO5/c1-7(12)16-6-9-4-3-8(5-11(9)14)10(13)15-2/h3-5H,6H2,1-2H3. The van der Waals surface area contributed by atoms with E-state index in [2.05, 4.69) is 9.47 Å². The van der Waals surface area contributed by atoms with E-state index in [4.69, 9.17) is 0 Å². The first-order chi connectivity index (χ1) is 7.54. The maximum atomic E-state index is 11.4. The van der Waals surface area contributed by atoms with Crippen LogP contribution in [-0.2, 0) is 20.9 Å². The predicted molar refractivity (Wildman–Crippen MR) is 52.2 cm³/mol. The Bertz CT molecular complexity index is 416. The van der Waals surface area contributed by atoms with Gasteiger partial charge in [0.15, 0.2) is 12.8 Å². The highest BCUT2D eigenvalue weighted by atomic mass is 16.5. The molecular weight excluding hydrogens is 214 g/mol. The van der Waals surface area contributed by atoms with Gasteiger partial charge in [0, 0.05) is 13.0 Å². The molecule has 0 aromatic carbocycles. The Hall–Kier alpha value is -2.11. The smallest absolute Gasteiger partial charge is 0.344 e. The summed E-state index contributed by atoms with van der Waals surface area (Å²) < 4.78 is 9.58. The van der Waals surface area contributed by atoms with Crippen molar-refractivity contribution in [2.24, 2.45) is 0 Å². The first-order valence-electron chi connectivity index (χ1n) is 4.48. The number of aromatic nitrogens is 1. The lowest BCUT2D eigenvalue weighted by Gasteiger charge is -2.05. The number of nitrogens with zero attached hydrogens (tertiary/aromatic N) is 1. The van der Waals surface area contributed by atoms with Crippen LogP contribution in [0.1, 0.15) is 23.0 Å². The summed E-state index contributed by atoms with van der Waals surface area (Å²) in [4.78, 5) is 21.6. The van der Waals surface area contributed by atoms with E-state index in [-0.39, 0.29) is 17.9 Å². The fourth-order valence-electron chi connectivity index (χ4n) is 1.04. The van der Waals surface area contributed by atoms with Gasteiger partial charge in [-0.25, -0.2) is 4.79 Å². The van der Waals surface area contributed by atoms with E-state index in [0.717, 1.165) is 6.20 Å². The van der Waals surface area contributed by atoms with E-state index in [1.807, 2.05) is 0 Å². The molecule has 0 N–H and O–H groups in total. The number of carbonyl (C=O) groups is 2. The summed E-state index contributed by atoms with van der Waals surface area (Å²) in [6.07, 6.45) is 1.07. The second kappa shape index (κ2) is 5.11. The molecule has 16 heavy (non-hydrogen) atoms. The van der Waals surface area contributed by atoms with Crippen LogP contribution in [-0.4, -0.2) is 19.0 Å². The molecule has 0 amide bonds. The molecular formula is C10H11NO5. The topological polar surface area (TPSA) is 79.5 Å². The third kappa shape index (κ3) is 2.94. The molecule has 0 aliphatic rings. The molecule has 0 radical (unpaired) electrons. The summed E-state index contributed by atoms with van der Waals surface area (Å²) in [7, 11) is 1.23. The zero-order chi connectivity index (χ0) is 12.1. The zero-order valence-electron chi connectivity index (χ0n) is 8.93. The van der Waals surface area contributed by atoms with Crippen LogP contribution in [0.25, 0.3) is 0 Å². The van der Waals surface area contributed by atoms with Crippen molar-refractivity contribution in [3.05, 3.63) is 34.8 Å². The zero-order valence-corrected chi connectivity index (χ0v) is 8.93. The van der Waals surface area contributed by atoms with Gasteiger partial charge in [0.25, 0.3) is 0 Å². The van der Waals surface area contributed by atoms with Crippen LogP contribution in [0.4, 0.5) is 0 Å². The van der Waals surface area contributed by atoms with E-state index >= 15 is 0 Å². The van der Waals surface area contributed by atoms with Gasteiger partial charge in [0.05, 0.1) is 7.11 Å². The maximum absolute atomic E-state index is 11.4. The summed E-state index contributed by atoms with van der Waals surface area (Å²) in [5.74, 6) is -1.07. The van der Waals surface area contributed by atoms with Crippen molar-refractivity contribution in [2.45, 2.75) is 13.5 Å². The van der Waals surface area contributed by atoms with Gasteiger partial charge < -0.3 is 14.7 Å². The van der Waals surface area contributed by atoms with E-state index in [0.29, 0.717) is 4.73 Å². The van der Waals surface area contributed by atoms with Gasteiger partial charge in [-0.05, 0) is 6.07 Å². The SMILES string of the molecule is COC(=O)c1ccc(COC(C)=O)[n+]([O-])c1. The molecule has 0 aliphatic heterocycles. The van der Waals surface area contributed by atoms with Gasteiger partial charge in [0.1, 0.15) is 5.56 Å². The van der Waals surface area contributed by atoms with Crippen LogP contribution in [0.3, 0.4) is 0 Å². The third-order valence-electron chi connectivity index (χ3n) is 1.84. The van der Waals surface area contributed by atoms with Crippen molar-refractivity contribution in [3.63, 3.8) is 0 Å². The molecule has 6 heteroatoms. The number of esters is 2. The van der Waals surface area contributed by atoms with Crippen molar-refractivity contribution >= 4 is 11.9 Å². The average molecular weight is 225 g/mol. The first-order valence-corrected chi connectivity index (χ1v) is 4.48. The lowest BCUT2D eigenvalue weighted by Crippen LogP contribution is -2.33. The minimum absolute atomic E-state index is 0.125. The molecule has 0 bridgehead atoms. The van der Waals surface area contributed by atoms with Crippen LogP contribution in [0.15, 0.2) is 18.3 Å². The summed E-state index contributed by atoms with van der Waals surface area (Å²) in [6, 6.07) is 2.83. The molecule has 0 saturated heterocycles. The van der Waals surface area contributed by atoms with Gasteiger partial charge >= 0.3 is 11.9 Å². The molecule has 86 valence electrons. The number of pyridine rings is 1. The quantitative estimate of drug-likeness (QED) is 0.416. The highest BCUT2D eigenvalue weighted by molar-refractivity contribution is 5.88. The van der Waals surface area contributed by atoms with Crippen molar-refractivity contribution in [2.75, 3.05) is 7.11 Å². The van der Waals surface area contributed by atoms with Crippen LogP contribution in [0.5, 0.6) is 0 Å². The van der Waals surface area contributed by atoms with Crippen molar-refractivity contribution in [3.8, 4) is 0 Å². The maximum Gasteiger partial charge on any atom is 0.344 e. The van der Waals surface area contributed by atoms with Crippen molar-refractivity contribution in [1.29, 1.82) is 0 Å². The number of methoxy groups -OCH3 is 1. The minimum atomic E-state index is -0.594. The predicted octanol–water partition coefficient (Wildman–Crippen LogP) is 0.170. The lowest BCUT2D eigenvalue weighted by molar-refractivity contribution is -0.616. The fourth-order valence-corrected chi connectivity index (χ4v) is 1.04. The molecule has 1 aromatic rings. The van der Waals surface area contributed by atoms with Gasteiger partial charge in [-0.1, -0.05) is 0 Å². The minimum Gasteiger partial charge on any atom is -0.618 e. The van der Waals surface area contributed by atoms with Crippen LogP contribution >= 0.6 is 0 Å². The van der Waals surface area contributed by atoms with E-state index in [1.165, 1.54) is 26.2 Å². The molecule has 0 spiro atoms. The van der Waals surface area contributed by atoms with E-state index in [1.54, 1.807) is 0 Å². The van der Waals surface area contributed by atoms with Gasteiger partial charge in [-0.2, -0.15) is 4.73 Å². The van der Waals surface area contributed by atoms with Crippen molar-refractivity contribution in [1.82, 2.24) is 0 Å². The van der Waals surface area contributed by atoms with E-state index in [9.17, 15) is 14.8 Å². The summed E-state index contributed by atoms with van der Waals surface area (Å²) in [6.45, 7) is 1.12. The summed E-state index contributed by atoms with van der Waals surface area (Å²) in [5.41, 5.74) is 0.381. The number of hydrogen-bond donors (Lipinski definition) is 0. The molecule has 1 aromatic heterocycles. The second-order valence-electron chi connectivity index (χ2n) is 3.01. The molecule has 0 unspecified atom stereocenters. The molecule has 1 rings (SSSR count). The van der Waals surface area contributed by atoms with Gasteiger partial charge in [-0.15, -0.1) is 0 Å². The molecule has 6 nitrogen and oxygen atoms in total. The molecule has 0 aliphatic carbocycles. The molecule has 1 heterocycles. The molecule has 0 atom stereocenters. The van der Waals surface area contributed by atoms with Crippen LogP contribution in [0, 0.1) is 5.21 Å². The van der Waals surface area contributed by atoms with Gasteiger partial charge in [0.2, 0.25) is 5.69 Å². The molecule has 0 fully saturated rings. The Labute approximate surface area is 92.0 Å². The Morgan fingerprint density at radius 1 is 1.44 bits per heavy atom. The van der Waals surface area contributed by atoms with Crippen LogP contribution < -0.4 is 4.73 Å². The normalized spacial score (nSPS) is 9.62. The summed E-state index contributed by atoms with van der Waals surface area (Å²) in [5, 5.41) is 11.4. The Balaban J connectivity index is 2.83. The van der Waals surface area contributed by atoms with E-state index < -0.39 is 11.9 Å². The van der Waals surface area contributed by atoms with Crippen LogP contribution in [0.2, 0.25) is 0 Å². The highest BCUT2D eigenvalue weighted by Crippen LogP contribution is 2.01. The average Bonchev–Trinajstić information content (AvgIpc) is 2.26. The third-order valence-corrected chi connectivity index (χ3v) is 1.84. The highest BCUT2D eigenvalue weighted by Gasteiger charge is 2.13. The Morgan fingerprint density at radius 3 is 2.62 bits per heavy atom. The Morgan fingerprint density at radius 2 is 2.12 bits per heavy atom. The van der Waals surface area contributed by atoms with Crippen molar-refractivity contribution < 1.29 is 23.8 Å². The largest absolute Gasteiger partial charge is 0.618 e. The molecule has 0 saturated carbocycles. The number of carbonyl (C=O) groups excluding carboxylic acids is 2. The summed E-state index contributed by atoms with van der Waals surface area (Å²) >= 11 is 0.